The number of carbonyl (C=O) groups is 1. The summed E-state index contributed by atoms with van der Waals surface area (Å²) >= 11 is 6.06. The molecule has 0 aliphatic heterocycles. The van der Waals surface area contributed by atoms with E-state index in [1.54, 1.807) is 18.2 Å². The second kappa shape index (κ2) is 4.33. The highest BCUT2D eigenvalue weighted by Crippen LogP contribution is 2.21. The number of rotatable bonds is 1. The summed E-state index contributed by atoms with van der Waals surface area (Å²) in [7, 11) is 0. The molecule has 3 rings (SSSR count). The number of para-hydroxylation sites is 1. The average Bonchev–Trinajstić information content (AvgIpc) is 2.85. The fraction of sp³-hybridized carbons (Fsp3) is 0. The Bertz CT molecular complexity index is 783. The van der Waals surface area contributed by atoms with Crippen molar-refractivity contribution in [3.8, 4) is 0 Å². The fourth-order valence-electron chi connectivity index (χ4n) is 1.72. The first kappa shape index (κ1) is 11.6. The van der Waals surface area contributed by atoms with Crippen LogP contribution in [0.2, 0.25) is 5.02 Å². The van der Waals surface area contributed by atoms with Crippen molar-refractivity contribution < 1.29 is 4.79 Å². The van der Waals surface area contributed by atoms with Gasteiger partial charge in [0.15, 0.2) is 0 Å². The number of pyridine rings is 1. The molecule has 2 N–H and O–H groups in total. The Morgan fingerprint density at radius 1 is 1.26 bits per heavy atom. The predicted molar refractivity (Wildman–Crippen MR) is 70.9 cm³/mol. The highest BCUT2D eigenvalue weighted by Gasteiger charge is 2.13. The zero-order valence-corrected chi connectivity index (χ0v) is 10.4. The predicted octanol–water partition coefficient (Wildman–Crippen LogP) is 1.75. The van der Waals surface area contributed by atoms with E-state index in [4.69, 9.17) is 17.3 Å². The van der Waals surface area contributed by atoms with Crippen LogP contribution in [0.25, 0.3) is 10.9 Å². The van der Waals surface area contributed by atoms with Gasteiger partial charge in [0.25, 0.3) is 5.91 Å². The summed E-state index contributed by atoms with van der Waals surface area (Å²) < 4.78 is 1.04. The lowest BCUT2D eigenvalue weighted by atomic mass is 10.2. The summed E-state index contributed by atoms with van der Waals surface area (Å²) in [4.78, 5) is 20.1. The number of halogens is 1. The van der Waals surface area contributed by atoms with E-state index in [1.165, 1.54) is 6.33 Å². The second-order valence-electron chi connectivity index (χ2n) is 3.86. The van der Waals surface area contributed by atoms with Gasteiger partial charge in [-0.25, -0.2) is 9.97 Å². The van der Waals surface area contributed by atoms with Gasteiger partial charge in [-0.1, -0.05) is 29.8 Å². The molecule has 0 saturated heterocycles. The lowest BCUT2D eigenvalue weighted by Crippen LogP contribution is -2.14. The number of fused-ring (bicyclic) bond motifs is 1. The quantitative estimate of drug-likeness (QED) is 0.730. The number of aromatic nitrogens is 4. The van der Waals surface area contributed by atoms with Crippen LogP contribution in [-0.2, 0) is 0 Å². The zero-order chi connectivity index (χ0) is 13.4. The Labute approximate surface area is 112 Å². The van der Waals surface area contributed by atoms with Crippen molar-refractivity contribution in [3.63, 3.8) is 0 Å². The molecule has 0 aliphatic rings. The minimum absolute atomic E-state index is 0.0344. The van der Waals surface area contributed by atoms with E-state index in [2.05, 4.69) is 15.1 Å². The number of benzene rings is 1. The van der Waals surface area contributed by atoms with E-state index in [-0.39, 0.29) is 11.6 Å². The van der Waals surface area contributed by atoms with Gasteiger partial charge in [0.05, 0.1) is 10.5 Å². The molecule has 2 aromatic heterocycles. The van der Waals surface area contributed by atoms with Gasteiger partial charge in [-0.2, -0.15) is 4.68 Å². The molecule has 0 aliphatic carbocycles. The lowest BCUT2D eigenvalue weighted by Gasteiger charge is -2.03. The Morgan fingerprint density at radius 3 is 2.84 bits per heavy atom. The van der Waals surface area contributed by atoms with Gasteiger partial charge in [-0.15, -0.1) is 5.10 Å². The molecule has 0 spiro atoms. The number of nitrogen functional groups attached to an aromatic ring is 1. The third-order valence-electron chi connectivity index (χ3n) is 2.61. The van der Waals surface area contributed by atoms with Gasteiger partial charge in [0, 0.05) is 5.39 Å². The van der Waals surface area contributed by atoms with Crippen molar-refractivity contribution in [2.45, 2.75) is 0 Å². The fourth-order valence-corrected chi connectivity index (χ4v) is 1.95. The number of anilines is 1. The molecule has 0 fully saturated rings. The van der Waals surface area contributed by atoms with Crippen LogP contribution in [0.15, 0.2) is 36.7 Å². The van der Waals surface area contributed by atoms with Gasteiger partial charge in [-0.05, 0) is 12.1 Å². The molecule has 3 aromatic rings. The van der Waals surface area contributed by atoms with Crippen LogP contribution in [0.3, 0.4) is 0 Å². The number of hydrogen-bond acceptors (Lipinski definition) is 5. The summed E-state index contributed by atoms with van der Waals surface area (Å²) in [5.41, 5.74) is 6.17. The molecule has 6 nitrogen and oxygen atoms in total. The molecule has 19 heavy (non-hydrogen) atoms. The Hall–Kier alpha value is -2.47. The summed E-state index contributed by atoms with van der Waals surface area (Å²) in [6, 6.07) is 8.81. The van der Waals surface area contributed by atoms with Crippen molar-refractivity contribution in [2.75, 3.05) is 5.73 Å². The summed E-state index contributed by atoms with van der Waals surface area (Å²) in [5, 5.41) is 5.10. The molecule has 2 heterocycles. The van der Waals surface area contributed by atoms with Crippen LogP contribution in [-0.4, -0.2) is 25.7 Å². The third kappa shape index (κ3) is 2.02. The Kier molecular flexibility index (Phi) is 2.64. The topological polar surface area (TPSA) is 86.7 Å². The minimum atomic E-state index is -0.411. The first-order valence-electron chi connectivity index (χ1n) is 5.42. The second-order valence-corrected chi connectivity index (χ2v) is 4.27. The number of nitrogens with two attached hydrogens (primary N) is 1. The van der Waals surface area contributed by atoms with Gasteiger partial charge >= 0.3 is 0 Å². The Morgan fingerprint density at radius 2 is 2.11 bits per heavy atom. The normalized spacial score (nSPS) is 10.8. The smallest absolute Gasteiger partial charge is 0.298 e. The Balaban J connectivity index is 2.11. The monoisotopic (exact) mass is 273 g/mol. The van der Waals surface area contributed by atoms with Crippen LogP contribution in [0.1, 0.15) is 10.5 Å². The van der Waals surface area contributed by atoms with E-state index in [0.717, 1.165) is 10.1 Å². The molecule has 0 amide bonds. The largest absolute Gasteiger partial charge is 0.366 e. The van der Waals surface area contributed by atoms with Crippen molar-refractivity contribution in [1.82, 2.24) is 19.7 Å². The number of carbonyl (C=O) groups excluding carboxylic acids is 1. The van der Waals surface area contributed by atoms with Crippen LogP contribution < -0.4 is 5.73 Å². The SMILES string of the molecule is Nc1ncn(C(=O)c2ccc3cccc(Cl)c3n2)n1. The maximum absolute atomic E-state index is 12.1. The molecular formula is C12H8ClN5O. The summed E-state index contributed by atoms with van der Waals surface area (Å²) in [5.74, 6) is -0.377. The van der Waals surface area contributed by atoms with Crippen molar-refractivity contribution in [1.29, 1.82) is 0 Å². The van der Waals surface area contributed by atoms with E-state index in [0.29, 0.717) is 10.5 Å². The average molecular weight is 274 g/mol. The van der Waals surface area contributed by atoms with Gasteiger partial charge in [0.1, 0.15) is 12.0 Å². The van der Waals surface area contributed by atoms with Crippen molar-refractivity contribution in [3.05, 3.63) is 47.4 Å². The van der Waals surface area contributed by atoms with Crippen LogP contribution in [0.5, 0.6) is 0 Å². The molecule has 94 valence electrons. The van der Waals surface area contributed by atoms with Gasteiger partial charge in [0.2, 0.25) is 5.95 Å². The third-order valence-corrected chi connectivity index (χ3v) is 2.91. The van der Waals surface area contributed by atoms with Crippen LogP contribution in [0, 0.1) is 0 Å². The zero-order valence-electron chi connectivity index (χ0n) is 9.62. The molecular weight excluding hydrogens is 266 g/mol. The lowest BCUT2D eigenvalue weighted by molar-refractivity contribution is 0.0940. The maximum Gasteiger partial charge on any atom is 0.298 e. The summed E-state index contributed by atoms with van der Waals surface area (Å²) in [6.45, 7) is 0. The number of nitrogens with zero attached hydrogens (tertiary/aromatic N) is 4. The van der Waals surface area contributed by atoms with E-state index >= 15 is 0 Å². The molecule has 0 atom stereocenters. The highest BCUT2D eigenvalue weighted by atomic mass is 35.5. The van der Waals surface area contributed by atoms with E-state index in [9.17, 15) is 4.79 Å². The van der Waals surface area contributed by atoms with E-state index < -0.39 is 5.91 Å². The molecule has 0 radical (unpaired) electrons. The molecule has 1 aromatic carbocycles. The first-order valence-corrected chi connectivity index (χ1v) is 5.80. The first-order chi connectivity index (χ1) is 9.15. The maximum atomic E-state index is 12.1. The van der Waals surface area contributed by atoms with Gasteiger partial charge < -0.3 is 5.73 Å². The van der Waals surface area contributed by atoms with E-state index in [1.807, 2.05) is 12.1 Å². The van der Waals surface area contributed by atoms with Crippen molar-refractivity contribution in [2.24, 2.45) is 0 Å². The molecule has 0 saturated carbocycles. The van der Waals surface area contributed by atoms with Gasteiger partial charge in [-0.3, -0.25) is 4.79 Å². The minimum Gasteiger partial charge on any atom is -0.366 e. The molecule has 0 bridgehead atoms. The van der Waals surface area contributed by atoms with Crippen molar-refractivity contribution >= 4 is 34.4 Å². The molecule has 0 unspecified atom stereocenters. The standard InChI is InChI=1S/C12H8ClN5O/c13-8-3-1-2-7-4-5-9(16-10(7)8)11(19)18-6-15-12(14)17-18/h1-6H,(H2,14,17). The highest BCUT2D eigenvalue weighted by molar-refractivity contribution is 6.35. The van der Waals surface area contributed by atoms with Crippen LogP contribution >= 0.6 is 11.6 Å². The number of hydrogen-bond donors (Lipinski definition) is 1. The van der Waals surface area contributed by atoms with Crippen LogP contribution in [0.4, 0.5) is 5.95 Å². The molecule has 7 heteroatoms. The summed E-state index contributed by atoms with van der Waals surface area (Å²) in [6.07, 6.45) is 1.25.